The predicted molar refractivity (Wildman–Crippen MR) is 61.7 cm³/mol. The van der Waals surface area contributed by atoms with Gasteiger partial charge in [-0.3, -0.25) is 0 Å². The molecule has 0 unspecified atom stereocenters. The van der Waals surface area contributed by atoms with Crippen molar-refractivity contribution in [2.45, 2.75) is 13.8 Å². The number of methoxy groups -OCH3 is 1. The van der Waals surface area contributed by atoms with Gasteiger partial charge in [0.2, 0.25) is 5.88 Å². The van der Waals surface area contributed by atoms with Crippen LogP contribution in [0.4, 0.5) is 0 Å². The van der Waals surface area contributed by atoms with E-state index in [1.807, 2.05) is 0 Å². The largest absolute Gasteiger partial charge is 0.481 e. The van der Waals surface area contributed by atoms with E-state index in [-0.39, 0.29) is 17.0 Å². The van der Waals surface area contributed by atoms with Gasteiger partial charge in [0.05, 0.1) is 18.4 Å². The molecule has 0 atom stereocenters. The number of rotatable bonds is 3. The lowest BCUT2D eigenvalue weighted by molar-refractivity contribution is 0.0696. The molecule has 2 aromatic rings. The van der Waals surface area contributed by atoms with Crippen LogP contribution in [0.3, 0.4) is 0 Å². The zero-order chi connectivity index (χ0) is 13.4. The third-order valence-electron chi connectivity index (χ3n) is 2.68. The highest BCUT2D eigenvalue weighted by molar-refractivity contribution is 5.96. The van der Waals surface area contributed by atoms with E-state index in [4.69, 9.17) is 9.26 Å². The highest BCUT2D eigenvalue weighted by Gasteiger charge is 2.27. The van der Waals surface area contributed by atoms with Crippen LogP contribution >= 0.6 is 0 Å². The van der Waals surface area contributed by atoms with E-state index in [9.17, 15) is 9.90 Å². The van der Waals surface area contributed by atoms with E-state index < -0.39 is 5.97 Å². The summed E-state index contributed by atoms with van der Waals surface area (Å²) in [4.78, 5) is 11.2. The maximum Gasteiger partial charge on any atom is 0.341 e. The first-order valence-electron chi connectivity index (χ1n) is 5.24. The van der Waals surface area contributed by atoms with Crippen molar-refractivity contribution in [1.82, 2.24) is 14.9 Å². The third-order valence-corrected chi connectivity index (χ3v) is 2.68. The number of carboxylic acids is 1. The average molecular weight is 251 g/mol. The van der Waals surface area contributed by atoms with E-state index >= 15 is 0 Å². The van der Waals surface area contributed by atoms with Crippen molar-refractivity contribution in [1.29, 1.82) is 0 Å². The SMILES string of the molecule is COc1c(-c2noc(C)c2C(=O)O)c(C)nn1C. The Morgan fingerprint density at radius 1 is 1.44 bits per heavy atom. The number of hydrogen-bond donors (Lipinski definition) is 1. The lowest BCUT2D eigenvalue weighted by atomic mass is 10.1. The Bertz CT molecular complexity index is 612. The Morgan fingerprint density at radius 3 is 2.67 bits per heavy atom. The first-order chi connectivity index (χ1) is 8.47. The summed E-state index contributed by atoms with van der Waals surface area (Å²) in [5, 5.41) is 17.2. The Morgan fingerprint density at radius 2 is 2.11 bits per heavy atom. The summed E-state index contributed by atoms with van der Waals surface area (Å²) in [5.74, 6) is -0.389. The third kappa shape index (κ3) is 1.64. The Labute approximate surface area is 103 Å². The lowest BCUT2D eigenvalue weighted by Gasteiger charge is -2.02. The van der Waals surface area contributed by atoms with Gasteiger partial charge in [-0.1, -0.05) is 5.16 Å². The minimum absolute atomic E-state index is 0.0319. The highest BCUT2D eigenvalue weighted by atomic mass is 16.5. The molecule has 0 saturated carbocycles. The molecule has 18 heavy (non-hydrogen) atoms. The van der Waals surface area contributed by atoms with Gasteiger partial charge < -0.3 is 14.4 Å². The normalized spacial score (nSPS) is 10.7. The van der Waals surface area contributed by atoms with Crippen LogP contribution in [0.15, 0.2) is 4.52 Å². The molecule has 0 spiro atoms. The van der Waals surface area contributed by atoms with Gasteiger partial charge in [0.25, 0.3) is 0 Å². The number of hydrogen-bond acceptors (Lipinski definition) is 5. The Kier molecular flexibility index (Phi) is 2.82. The number of aryl methyl sites for hydroxylation is 3. The zero-order valence-electron chi connectivity index (χ0n) is 10.5. The molecule has 2 rings (SSSR count). The summed E-state index contributed by atoms with van der Waals surface area (Å²) in [5.41, 5.74) is 1.44. The van der Waals surface area contributed by atoms with Gasteiger partial charge in [0.15, 0.2) is 0 Å². The Balaban J connectivity index is 2.73. The second-order valence-electron chi connectivity index (χ2n) is 3.86. The van der Waals surface area contributed by atoms with Gasteiger partial charge in [-0.25, -0.2) is 9.48 Å². The van der Waals surface area contributed by atoms with Crippen molar-refractivity contribution in [3.8, 4) is 17.1 Å². The van der Waals surface area contributed by atoms with Crippen molar-refractivity contribution < 1.29 is 19.2 Å². The topological polar surface area (TPSA) is 90.4 Å². The molecule has 0 fully saturated rings. The fourth-order valence-electron chi connectivity index (χ4n) is 1.94. The number of aromatic nitrogens is 3. The first-order valence-corrected chi connectivity index (χ1v) is 5.24. The second kappa shape index (κ2) is 4.17. The molecule has 0 bridgehead atoms. The molecule has 0 aliphatic carbocycles. The van der Waals surface area contributed by atoms with Crippen molar-refractivity contribution in [2.75, 3.05) is 7.11 Å². The van der Waals surface area contributed by atoms with Gasteiger partial charge in [-0.05, 0) is 13.8 Å². The van der Waals surface area contributed by atoms with E-state index in [1.54, 1.807) is 20.9 Å². The number of aromatic carboxylic acids is 1. The standard InChI is InChI=1S/C11H13N3O4/c1-5-7(10(17-4)14(3)12-5)9-8(11(15)16)6(2)18-13-9/h1-4H3,(H,15,16). The Hall–Kier alpha value is -2.31. The van der Waals surface area contributed by atoms with Gasteiger partial charge in [0.1, 0.15) is 17.0 Å². The smallest absolute Gasteiger partial charge is 0.341 e. The molecule has 0 amide bonds. The van der Waals surface area contributed by atoms with Gasteiger partial charge in [-0.2, -0.15) is 5.10 Å². The van der Waals surface area contributed by atoms with E-state index in [2.05, 4.69) is 10.3 Å². The molecule has 7 nitrogen and oxygen atoms in total. The minimum Gasteiger partial charge on any atom is -0.481 e. The number of ether oxygens (including phenoxy) is 1. The summed E-state index contributed by atoms with van der Waals surface area (Å²) < 4.78 is 11.7. The number of nitrogens with zero attached hydrogens (tertiary/aromatic N) is 3. The molecule has 0 aromatic carbocycles. The van der Waals surface area contributed by atoms with Crippen molar-refractivity contribution in [3.63, 3.8) is 0 Å². The fourth-order valence-corrected chi connectivity index (χ4v) is 1.94. The lowest BCUT2D eigenvalue weighted by Crippen LogP contribution is -2.01. The van der Waals surface area contributed by atoms with Gasteiger partial charge in [0, 0.05) is 7.05 Å². The summed E-state index contributed by atoms with van der Waals surface area (Å²) >= 11 is 0. The average Bonchev–Trinajstić information content (AvgIpc) is 2.78. The zero-order valence-corrected chi connectivity index (χ0v) is 10.5. The molecular formula is C11H13N3O4. The van der Waals surface area contributed by atoms with Crippen LogP contribution in [0.2, 0.25) is 0 Å². The summed E-state index contributed by atoms with van der Waals surface area (Å²) in [6, 6.07) is 0. The minimum atomic E-state index is -1.09. The van der Waals surface area contributed by atoms with Crippen molar-refractivity contribution >= 4 is 5.97 Å². The molecule has 0 aliphatic rings. The second-order valence-corrected chi connectivity index (χ2v) is 3.86. The van der Waals surface area contributed by atoms with E-state index in [0.717, 1.165) is 0 Å². The van der Waals surface area contributed by atoms with Crippen LogP contribution in [0, 0.1) is 13.8 Å². The summed E-state index contributed by atoms with van der Waals surface area (Å²) in [6.45, 7) is 3.31. The molecular weight excluding hydrogens is 238 g/mol. The van der Waals surface area contributed by atoms with E-state index in [1.165, 1.54) is 11.8 Å². The molecule has 96 valence electrons. The summed E-state index contributed by atoms with van der Waals surface area (Å²) in [6.07, 6.45) is 0. The molecule has 1 N–H and O–H groups in total. The van der Waals surface area contributed by atoms with Gasteiger partial charge in [-0.15, -0.1) is 0 Å². The quantitative estimate of drug-likeness (QED) is 0.886. The van der Waals surface area contributed by atoms with Crippen LogP contribution in [-0.2, 0) is 7.05 Å². The molecule has 2 aromatic heterocycles. The molecule has 0 radical (unpaired) electrons. The molecule has 7 heteroatoms. The predicted octanol–water partition coefficient (Wildman–Crippen LogP) is 1.40. The first kappa shape index (κ1) is 12.2. The number of carbonyl (C=O) groups is 1. The van der Waals surface area contributed by atoms with Crippen molar-refractivity contribution in [2.24, 2.45) is 7.05 Å². The van der Waals surface area contributed by atoms with Crippen LogP contribution in [-0.4, -0.2) is 33.1 Å². The fraction of sp³-hybridized carbons (Fsp3) is 0.364. The van der Waals surface area contributed by atoms with E-state index in [0.29, 0.717) is 17.1 Å². The van der Waals surface area contributed by atoms with Crippen LogP contribution in [0.1, 0.15) is 21.8 Å². The van der Waals surface area contributed by atoms with Gasteiger partial charge >= 0.3 is 5.97 Å². The monoisotopic (exact) mass is 251 g/mol. The van der Waals surface area contributed by atoms with Crippen LogP contribution < -0.4 is 4.74 Å². The summed E-state index contributed by atoms with van der Waals surface area (Å²) in [7, 11) is 3.20. The van der Waals surface area contributed by atoms with Crippen molar-refractivity contribution in [3.05, 3.63) is 17.0 Å². The maximum atomic E-state index is 11.2. The maximum absolute atomic E-state index is 11.2. The molecule has 2 heterocycles. The van der Waals surface area contributed by atoms with Crippen LogP contribution in [0.25, 0.3) is 11.3 Å². The molecule has 0 aliphatic heterocycles. The number of carboxylic acid groups (broad SMARTS) is 1. The highest BCUT2D eigenvalue weighted by Crippen LogP contribution is 2.35. The molecule has 0 saturated heterocycles. The van der Waals surface area contributed by atoms with Crippen LogP contribution in [0.5, 0.6) is 5.88 Å².